The van der Waals surface area contributed by atoms with Crippen molar-refractivity contribution in [3.63, 3.8) is 0 Å². The second-order valence-corrected chi connectivity index (χ2v) is 5.80. The number of ketones is 1. The van der Waals surface area contributed by atoms with Gasteiger partial charge in [0.2, 0.25) is 0 Å². The van der Waals surface area contributed by atoms with E-state index in [9.17, 15) is 9.59 Å². The lowest BCUT2D eigenvalue weighted by molar-refractivity contribution is -0.137. The van der Waals surface area contributed by atoms with Crippen molar-refractivity contribution in [3.8, 4) is 5.75 Å². The molecule has 4 heteroatoms. The molecule has 3 rings (SSSR count). The molecule has 0 aromatic heterocycles. The fourth-order valence-electron chi connectivity index (χ4n) is 2.94. The lowest BCUT2D eigenvalue weighted by Gasteiger charge is -2.08. The van der Waals surface area contributed by atoms with Crippen LogP contribution in [0.4, 0.5) is 0 Å². The van der Waals surface area contributed by atoms with Crippen LogP contribution in [0.3, 0.4) is 0 Å². The molecule has 0 aliphatic carbocycles. The molecule has 1 aliphatic rings. The van der Waals surface area contributed by atoms with Crippen molar-refractivity contribution in [2.24, 2.45) is 0 Å². The van der Waals surface area contributed by atoms with E-state index in [1.54, 1.807) is 0 Å². The maximum absolute atomic E-state index is 12.9. The molecule has 118 valence electrons. The van der Waals surface area contributed by atoms with Crippen LogP contribution in [-0.4, -0.2) is 16.9 Å². The Morgan fingerprint density at radius 2 is 2.09 bits per heavy atom. The second kappa shape index (κ2) is 6.24. The quantitative estimate of drug-likeness (QED) is 0.938. The predicted octanol–water partition coefficient (Wildman–Crippen LogP) is 3.53. The van der Waals surface area contributed by atoms with Gasteiger partial charge in [-0.1, -0.05) is 24.3 Å². The van der Waals surface area contributed by atoms with Gasteiger partial charge in [0.15, 0.2) is 5.78 Å². The lowest BCUT2D eigenvalue weighted by atomic mass is 9.93. The summed E-state index contributed by atoms with van der Waals surface area (Å²) >= 11 is 0. The van der Waals surface area contributed by atoms with Gasteiger partial charge in [0, 0.05) is 17.5 Å². The van der Waals surface area contributed by atoms with Crippen LogP contribution in [0.25, 0.3) is 0 Å². The highest BCUT2D eigenvalue weighted by Crippen LogP contribution is 2.31. The molecule has 1 aliphatic heterocycles. The standard InChI is InChI=1S/C19H18O4/c1-12-4-2-6-14-11-23-16-9-8-13(5-3-7-17(20)21)10-15(16)19(22)18(12)14/h2,4,6,8-10H,3,5,7,11H2,1H3,(H,20,21). The number of ether oxygens (including phenoxy) is 1. The Labute approximate surface area is 134 Å². The van der Waals surface area contributed by atoms with Gasteiger partial charge in [-0.3, -0.25) is 9.59 Å². The van der Waals surface area contributed by atoms with E-state index in [0.717, 1.165) is 16.7 Å². The first-order valence-electron chi connectivity index (χ1n) is 7.67. The molecule has 0 amide bonds. The number of benzene rings is 2. The minimum Gasteiger partial charge on any atom is -0.488 e. The molecular formula is C19H18O4. The van der Waals surface area contributed by atoms with Crippen molar-refractivity contribution in [2.45, 2.75) is 32.8 Å². The summed E-state index contributed by atoms with van der Waals surface area (Å²) in [5.74, 6) is -0.234. The van der Waals surface area contributed by atoms with Crippen molar-refractivity contribution in [2.75, 3.05) is 0 Å². The van der Waals surface area contributed by atoms with E-state index in [2.05, 4.69) is 0 Å². The Balaban J connectivity index is 1.93. The van der Waals surface area contributed by atoms with Gasteiger partial charge in [-0.15, -0.1) is 0 Å². The Kier molecular flexibility index (Phi) is 4.15. The van der Waals surface area contributed by atoms with Crippen LogP contribution in [0.1, 0.15) is 45.5 Å². The van der Waals surface area contributed by atoms with Crippen LogP contribution in [-0.2, 0) is 17.8 Å². The third-order valence-corrected chi connectivity index (χ3v) is 4.11. The van der Waals surface area contributed by atoms with E-state index in [4.69, 9.17) is 9.84 Å². The smallest absolute Gasteiger partial charge is 0.303 e. The molecule has 0 saturated heterocycles. The molecule has 0 saturated carbocycles. The average molecular weight is 310 g/mol. The van der Waals surface area contributed by atoms with Gasteiger partial charge < -0.3 is 9.84 Å². The van der Waals surface area contributed by atoms with E-state index in [0.29, 0.717) is 36.3 Å². The number of carbonyl (C=O) groups is 2. The third kappa shape index (κ3) is 3.11. The number of fused-ring (bicyclic) bond motifs is 2. The van der Waals surface area contributed by atoms with Gasteiger partial charge in [0.25, 0.3) is 0 Å². The Bertz CT molecular complexity index is 777. The van der Waals surface area contributed by atoms with Gasteiger partial charge in [-0.25, -0.2) is 0 Å². The fourth-order valence-corrected chi connectivity index (χ4v) is 2.94. The molecule has 0 atom stereocenters. The van der Waals surface area contributed by atoms with Crippen LogP contribution in [0.2, 0.25) is 0 Å². The molecule has 0 unspecified atom stereocenters. The minimum atomic E-state index is -0.802. The van der Waals surface area contributed by atoms with Gasteiger partial charge in [0.05, 0.1) is 5.56 Å². The third-order valence-electron chi connectivity index (χ3n) is 4.11. The molecule has 0 fully saturated rings. The largest absolute Gasteiger partial charge is 0.488 e. The number of rotatable bonds is 4. The first-order valence-corrected chi connectivity index (χ1v) is 7.67. The molecule has 0 bridgehead atoms. The lowest BCUT2D eigenvalue weighted by Crippen LogP contribution is -2.06. The average Bonchev–Trinajstić information content (AvgIpc) is 2.65. The minimum absolute atomic E-state index is 0.0225. The van der Waals surface area contributed by atoms with Crippen LogP contribution in [0.15, 0.2) is 36.4 Å². The summed E-state index contributed by atoms with van der Waals surface area (Å²) in [6.45, 7) is 2.31. The normalized spacial score (nSPS) is 12.8. The summed E-state index contributed by atoms with van der Waals surface area (Å²) in [5, 5.41) is 8.73. The van der Waals surface area contributed by atoms with Crippen LogP contribution >= 0.6 is 0 Å². The summed E-state index contributed by atoms with van der Waals surface area (Å²) < 4.78 is 5.78. The Morgan fingerprint density at radius 3 is 2.87 bits per heavy atom. The van der Waals surface area contributed by atoms with E-state index in [-0.39, 0.29) is 12.2 Å². The highest BCUT2D eigenvalue weighted by Gasteiger charge is 2.23. The van der Waals surface area contributed by atoms with Crippen molar-refractivity contribution >= 4 is 11.8 Å². The predicted molar refractivity (Wildman–Crippen MR) is 86.0 cm³/mol. The molecule has 0 spiro atoms. The maximum atomic E-state index is 12.9. The zero-order valence-corrected chi connectivity index (χ0v) is 13.0. The monoisotopic (exact) mass is 310 g/mol. The SMILES string of the molecule is Cc1cccc2c1C(=O)c1cc(CCCC(=O)O)ccc1OC2. The summed E-state index contributed by atoms with van der Waals surface area (Å²) in [4.78, 5) is 23.5. The number of aliphatic carboxylic acids is 1. The van der Waals surface area contributed by atoms with Crippen molar-refractivity contribution in [1.82, 2.24) is 0 Å². The molecule has 2 aromatic rings. The van der Waals surface area contributed by atoms with Crippen molar-refractivity contribution in [1.29, 1.82) is 0 Å². The topological polar surface area (TPSA) is 63.6 Å². The highest BCUT2D eigenvalue weighted by atomic mass is 16.5. The second-order valence-electron chi connectivity index (χ2n) is 5.80. The first-order chi connectivity index (χ1) is 11.1. The molecule has 1 N–H and O–H groups in total. The summed E-state index contributed by atoms with van der Waals surface area (Å²) in [6.07, 6.45) is 1.32. The zero-order valence-electron chi connectivity index (χ0n) is 13.0. The van der Waals surface area contributed by atoms with Gasteiger partial charge in [0.1, 0.15) is 12.4 Å². The van der Waals surface area contributed by atoms with E-state index >= 15 is 0 Å². The zero-order chi connectivity index (χ0) is 16.4. The van der Waals surface area contributed by atoms with Gasteiger partial charge >= 0.3 is 5.97 Å². The molecule has 4 nitrogen and oxygen atoms in total. The highest BCUT2D eigenvalue weighted by molar-refractivity contribution is 6.12. The van der Waals surface area contributed by atoms with Crippen LogP contribution in [0.5, 0.6) is 5.75 Å². The molecular weight excluding hydrogens is 292 g/mol. The molecule has 1 heterocycles. The number of hydrogen-bond acceptors (Lipinski definition) is 3. The van der Waals surface area contributed by atoms with Gasteiger partial charge in [-0.05, 0) is 43.0 Å². The number of carboxylic acid groups (broad SMARTS) is 1. The Hall–Kier alpha value is -2.62. The van der Waals surface area contributed by atoms with E-state index in [1.165, 1.54) is 0 Å². The van der Waals surface area contributed by atoms with E-state index in [1.807, 2.05) is 43.3 Å². The fraction of sp³-hybridized carbons (Fsp3) is 0.263. The molecule has 2 aromatic carbocycles. The van der Waals surface area contributed by atoms with E-state index < -0.39 is 5.97 Å². The maximum Gasteiger partial charge on any atom is 0.303 e. The summed E-state index contributed by atoms with van der Waals surface area (Å²) in [7, 11) is 0. The Morgan fingerprint density at radius 1 is 1.26 bits per heavy atom. The summed E-state index contributed by atoms with van der Waals surface area (Å²) in [5.41, 5.74) is 4.08. The molecule has 23 heavy (non-hydrogen) atoms. The number of carboxylic acids is 1. The van der Waals surface area contributed by atoms with Crippen LogP contribution < -0.4 is 4.74 Å². The number of carbonyl (C=O) groups excluding carboxylic acids is 1. The summed E-state index contributed by atoms with van der Waals surface area (Å²) in [6, 6.07) is 11.3. The molecule has 0 radical (unpaired) electrons. The van der Waals surface area contributed by atoms with Gasteiger partial charge in [-0.2, -0.15) is 0 Å². The first kappa shape index (κ1) is 15.3. The van der Waals surface area contributed by atoms with Crippen molar-refractivity contribution < 1.29 is 19.4 Å². The van der Waals surface area contributed by atoms with Crippen LogP contribution in [0, 0.1) is 6.92 Å². The number of aryl methyl sites for hydroxylation is 2. The van der Waals surface area contributed by atoms with Crippen molar-refractivity contribution in [3.05, 3.63) is 64.2 Å². The number of hydrogen-bond donors (Lipinski definition) is 1.